The van der Waals surface area contributed by atoms with Crippen LogP contribution in [0.15, 0.2) is 30.3 Å². The highest BCUT2D eigenvalue weighted by Gasteiger charge is 2.30. The number of amides is 2. The normalized spacial score (nSPS) is 18.9. The van der Waals surface area contributed by atoms with Gasteiger partial charge in [-0.1, -0.05) is 42.2 Å². The Kier molecular flexibility index (Phi) is 3.75. The van der Waals surface area contributed by atoms with Gasteiger partial charge in [-0.05, 0) is 12.1 Å². The minimum absolute atomic E-state index is 0.130. The number of carbonyl (C=O) groups is 2. The number of hydrogen-bond acceptors (Lipinski definition) is 4. The summed E-state index contributed by atoms with van der Waals surface area (Å²) in [6, 6.07) is 9.13. The molecule has 2 amide bonds. The first-order chi connectivity index (χ1) is 8.15. The van der Waals surface area contributed by atoms with Gasteiger partial charge in [-0.25, -0.2) is 0 Å². The molecule has 4 nitrogen and oxygen atoms in total. The standard InChI is InChI=1S/C11H10N2O2S2/c14-9(12-7-4-2-1-3-5-7)6-8-10(15)13-11(16)17-8/h1-5,8H,6H2,(H,12,14)(H,13,15,16)/t8-/m0/s1. The number of benzene rings is 1. The van der Waals surface area contributed by atoms with E-state index in [2.05, 4.69) is 10.6 Å². The van der Waals surface area contributed by atoms with Crippen LogP contribution in [0.4, 0.5) is 5.69 Å². The van der Waals surface area contributed by atoms with E-state index < -0.39 is 5.25 Å². The average molecular weight is 266 g/mol. The molecule has 1 aromatic rings. The summed E-state index contributed by atoms with van der Waals surface area (Å²) in [6.07, 6.45) is 0.130. The average Bonchev–Trinajstić information content (AvgIpc) is 2.58. The van der Waals surface area contributed by atoms with E-state index >= 15 is 0 Å². The van der Waals surface area contributed by atoms with Crippen molar-refractivity contribution in [3.05, 3.63) is 30.3 Å². The SMILES string of the molecule is O=C(C[C@@H]1SC(=S)NC1=O)Nc1ccccc1. The third-order valence-electron chi connectivity index (χ3n) is 2.20. The van der Waals surface area contributed by atoms with E-state index in [0.29, 0.717) is 4.32 Å². The Balaban J connectivity index is 1.90. The number of thioether (sulfide) groups is 1. The molecule has 0 radical (unpaired) electrons. The monoisotopic (exact) mass is 266 g/mol. The van der Waals surface area contributed by atoms with Gasteiger partial charge in [0.05, 0.1) is 5.25 Å². The van der Waals surface area contributed by atoms with Crippen molar-refractivity contribution in [2.75, 3.05) is 5.32 Å². The number of hydrogen-bond donors (Lipinski definition) is 2. The number of thiocarbonyl (C=S) groups is 1. The Morgan fingerprint density at radius 3 is 2.71 bits per heavy atom. The molecular weight excluding hydrogens is 256 g/mol. The van der Waals surface area contributed by atoms with Crippen molar-refractivity contribution in [3.63, 3.8) is 0 Å². The topological polar surface area (TPSA) is 58.2 Å². The van der Waals surface area contributed by atoms with E-state index in [1.54, 1.807) is 12.1 Å². The van der Waals surface area contributed by atoms with Gasteiger partial charge in [0.15, 0.2) is 0 Å². The molecule has 2 N–H and O–H groups in total. The number of para-hydroxylation sites is 1. The molecule has 17 heavy (non-hydrogen) atoms. The smallest absolute Gasteiger partial charge is 0.239 e. The molecule has 0 bridgehead atoms. The second kappa shape index (κ2) is 5.29. The summed E-state index contributed by atoms with van der Waals surface area (Å²) >= 11 is 6.08. The molecule has 1 atom stereocenters. The number of carbonyl (C=O) groups excluding carboxylic acids is 2. The number of rotatable bonds is 3. The molecule has 0 aromatic heterocycles. The molecule has 1 saturated heterocycles. The van der Waals surface area contributed by atoms with Crippen molar-refractivity contribution < 1.29 is 9.59 Å². The van der Waals surface area contributed by atoms with Crippen molar-refractivity contribution in [1.29, 1.82) is 0 Å². The van der Waals surface area contributed by atoms with E-state index in [1.165, 1.54) is 11.8 Å². The first kappa shape index (κ1) is 12.1. The van der Waals surface area contributed by atoms with Gasteiger partial charge in [0.1, 0.15) is 4.32 Å². The van der Waals surface area contributed by atoms with Gasteiger partial charge in [-0.2, -0.15) is 0 Å². The van der Waals surface area contributed by atoms with Crippen molar-refractivity contribution in [2.45, 2.75) is 11.7 Å². The zero-order chi connectivity index (χ0) is 12.3. The van der Waals surface area contributed by atoms with E-state index in [-0.39, 0.29) is 18.2 Å². The molecule has 2 rings (SSSR count). The summed E-state index contributed by atoms with van der Waals surface area (Å²) < 4.78 is 0.438. The Hall–Kier alpha value is -1.40. The fourth-order valence-electron chi connectivity index (χ4n) is 1.43. The van der Waals surface area contributed by atoms with E-state index in [0.717, 1.165) is 5.69 Å². The lowest BCUT2D eigenvalue weighted by molar-refractivity contribution is -0.122. The lowest BCUT2D eigenvalue weighted by Gasteiger charge is -2.06. The highest BCUT2D eigenvalue weighted by atomic mass is 32.2. The first-order valence-corrected chi connectivity index (χ1v) is 6.30. The Morgan fingerprint density at radius 1 is 1.41 bits per heavy atom. The van der Waals surface area contributed by atoms with Crippen molar-refractivity contribution in [2.24, 2.45) is 0 Å². The van der Waals surface area contributed by atoms with Gasteiger partial charge in [0.2, 0.25) is 11.8 Å². The van der Waals surface area contributed by atoms with Crippen LogP contribution in [-0.4, -0.2) is 21.4 Å². The summed E-state index contributed by atoms with van der Waals surface area (Å²) in [5.74, 6) is -0.378. The summed E-state index contributed by atoms with van der Waals surface area (Å²) in [5, 5.41) is 4.83. The molecular formula is C11H10N2O2S2. The van der Waals surface area contributed by atoms with Crippen LogP contribution < -0.4 is 10.6 Å². The number of anilines is 1. The first-order valence-electron chi connectivity index (χ1n) is 5.01. The molecule has 1 fully saturated rings. The van der Waals surface area contributed by atoms with Crippen LogP contribution in [0.1, 0.15) is 6.42 Å². The van der Waals surface area contributed by atoms with Gasteiger partial charge in [0, 0.05) is 12.1 Å². The predicted molar refractivity (Wildman–Crippen MR) is 71.8 cm³/mol. The molecule has 88 valence electrons. The molecule has 0 spiro atoms. The zero-order valence-electron chi connectivity index (χ0n) is 8.80. The fourth-order valence-corrected chi connectivity index (χ4v) is 2.70. The lowest BCUT2D eigenvalue weighted by Crippen LogP contribution is -2.27. The van der Waals surface area contributed by atoms with Gasteiger partial charge in [0.25, 0.3) is 0 Å². The van der Waals surface area contributed by atoms with Crippen molar-refractivity contribution in [1.82, 2.24) is 5.32 Å². The summed E-state index contributed by atoms with van der Waals surface area (Å²) in [4.78, 5) is 23.0. The van der Waals surface area contributed by atoms with Gasteiger partial charge in [-0.15, -0.1) is 0 Å². The fraction of sp³-hybridized carbons (Fsp3) is 0.182. The van der Waals surface area contributed by atoms with Crippen LogP contribution in [0.3, 0.4) is 0 Å². The maximum absolute atomic E-state index is 11.7. The number of nitrogens with one attached hydrogen (secondary N) is 2. The van der Waals surface area contributed by atoms with Crippen LogP contribution >= 0.6 is 24.0 Å². The van der Waals surface area contributed by atoms with Crippen LogP contribution in [0.25, 0.3) is 0 Å². The lowest BCUT2D eigenvalue weighted by atomic mass is 10.2. The molecule has 0 unspecified atom stereocenters. The van der Waals surface area contributed by atoms with Crippen molar-refractivity contribution in [3.8, 4) is 0 Å². The largest absolute Gasteiger partial charge is 0.326 e. The van der Waals surface area contributed by atoms with Crippen molar-refractivity contribution >= 4 is 45.8 Å². The maximum Gasteiger partial charge on any atom is 0.239 e. The molecule has 0 saturated carbocycles. The highest BCUT2D eigenvalue weighted by molar-refractivity contribution is 8.24. The van der Waals surface area contributed by atoms with Crippen LogP contribution in [0.2, 0.25) is 0 Å². The van der Waals surface area contributed by atoms with Crippen LogP contribution in [-0.2, 0) is 9.59 Å². The quantitative estimate of drug-likeness (QED) is 0.815. The summed E-state index contributed by atoms with van der Waals surface area (Å²) in [6.45, 7) is 0. The predicted octanol–water partition coefficient (Wildman–Crippen LogP) is 1.53. The Labute approximate surface area is 108 Å². The van der Waals surface area contributed by atoms with E-state index in [1.807, 2.05) is 18.2 Å². The van der Waals surface area contributed by atoms with Crippen LogP contribution in [0.5, 0.6) is 0 Å². The van der Waals surface area contributed by atoms with Gasteiger partial charge < -0.3 is 10.6 Å². The van der Waals surface area contributed by atoms with E-state index in [9.17, 15) is 9.59 Å². The molecule has 1 aliphatic heterocycles. The molecule has 6 heteroatoms. The molecule has 1 aliphatic rings. The Morgan fingerprint density at radius 2 is 2.12 bits per heavy atom. The molecule has 1 aromatic carbocycles. The minimum atomic E-state index is -0.411. The van der Waals surface area contributed by atoms with Gasteiger partial charge >= 0.3 is 0 Å². The highest BCUT2D eigenvalue weighted by Crippen LogP contribution is 2.22. The van der Waals surface area contributed by atoms with Crippen LogP contribution in [0, 0.1) is 0 Å². The minimum Gasteiger partial charge on any atom is -0.326 e. The summed E-state index contributed by atoms with van der Waals surface area (Å²) in [7, 11) is 0. The molecule has 0 aliphatic carbocycles. The maximum atomic E-state index is 11.7. The third kappa shape index (κ3) is 3.28. The molecule has 1 heterocycles. The zero-order valence-corrected chi connectivity index (χ0v) is 10.4. The summed E-state index contributed by atoms with van der Waals surface area (Å²) in [5.41, 5.74) is 0.725. The van der Waals surface area contributed by atoms with Gasteiger partial charge in [-0.3, -0.25) is 9.59 Å². The second-order valence-electron chi connectivity index (χ2n) is 3.50. The van der Waals surface area contributed by atoms with E-state index in [4.69, 9.17) is 12.2 Å². The second-order valence-corrected chi connectivity index (χ2v) is 5.38. The third-order valence-corrected chi connectivity index (χ3v) is 3.57. The Bertz CT molecular complexity index is 462.